The normalized spacial score (nSPS) is 15.6. The van der Waals surface area contributed by atoms with Crippen LogP contribution in [0.15, 0.2) is 10.3 Å². The van der Waals surface area contributed by atoms with Gasteiger partial charge >= 0.3 is 5.97 Å². The lowest BCUT2D eigenvalue weighted by Crippen LogP contribution is -2.31. The van der Waals surface area contributed by atoms with Gasteiger partial charge in [-0.3, -0.25) is 4.79 Å². The van der Waals surface area contributed by atoms with Gasteiger partial charge in [0.25, 0.3) is 0 Å². The molecular weight excluding hydrogens is 186 g/mol. The molecule has 0 heterocycles. The predicted molar refractivity (Wildman–Crippen MR) is 51.3 cm³/mol. The van der Waals surface area contributed by atoms with Gasteiger partial charge in [0, 0.05) is 6.04 Å². The van der Waals surface area contributed by atoms with Gasteiger partial charge in [-0.2, -0.15) is 5.11 Å². The number of rotatable bonds is 7. The van der Waals surface area contributed by atoms with Crippen molar-refractivity contribution < 1.29 is 9.90 Å². The maximum absolute atomic E-state index is 10.3. The predicted octanol–water partition coefficient (Wildman–Crippen LogP) is -0.778. The fourth-order valence-electron chi connectivity index (χ4n) is 0.967. The Morgan fingerprint density at radius 1 is 1.36 bits per heavy atom. The molecule has 0 aromatic heterocycles. The van der Waals surface area contributed by atoms with Crippen LogP contribution < -0.4 is 17.3 Å². The molecule has 2 atom stereocenters. The third kappa shape index (κ3) is 6.32. The quantitative estimate of drug-likeness (QED) is 0.244. The molecule has 7 N–H and O–H groups in total. The van der Waals surface area contributed by atoms with Crippen molar-refractivity contribution >= 4 is 5.97 Å². The van der Waals surface area contributed by atoms with Gasteiger partial charge in [0.15, 0.2) is 0 Å². The molecule has 0 bridgehead atoms. The van der Waals surface area contributed by atoms with E-state index in [1.54, 1.807) is 0 Å². The second kappa shape index (κ2) is 7.22. The zero-order chi connectivity index (χ0) is 11.0. The number of hydrogen-bond acceptors (Lipinski definition) is 5. The summed E-state index contributed by atoms with van der Waals surface area (Å²) in [5, 5.41) is 15.1. The first kappa shape index (κ1) is 12.8. The number of carboxylic acid groups (broad SMARTS) is 1. The van der Waals surface area contributed by atoms with Crippen LogP contribution in [0, 0.1) is 0 Å². The Hall–Kier alpha value is -1.21. The Morgan fingerprint density at radius 3 is 2.50 bits per heavy atom. The zero-order valence-electron chi connectivity index (χ0n) is 7.97. The molecule has 0 saturated carbocycles. The van der Waals surface area contributed by atoms with E-state index >= 15 is 0 Å². The zero-order valence-corrected chi connectivity index (χ0v) is 7.97. The molecule has 0 rings (SSSR count). The maximum atomic E-state index is 10.3. The Balaban J connectivity index is 3.48. The van der Waals surface area contributed by atoms with E-state index in [0.29, 0.717) is 25.8 Å². The molecule has 0 aliphatic rings. The van der Waals surface area contributed by atoms with Gasteiger partial charge in [-0.15, -0.1) is 0 Å². The molecule has 1 unspecified atom stereocenters. The van der Waals surface area contributed by atoms with Crippen LogP contribution in [0.25, 0.3) is 0 Å². The standard InChI is InChI=1S/C7H17N5O2/c8-5(4-11-12-10)2-1-3-6(9)7(13)14/h5-6H,1-4,8-9H2,(H2,10,11)(H,13,14)/t5?,6-/m0/s1. The van der Waals surface area contributed by atoms with Gasteiger partial charge in [-0.1, -0.05) is 5.22 Å². The van der Waals surface area contributed by atoms with Gasteiger partial charge in [-0.05, 0) is 19.3 Å². The summed E-state index contributed by atoms with van der Waals surface area (Å²) in [6.45, 7) is 0.360. The summed E-state index contributed by atoms with van der Waals surface area (Å²) < 4.78 is 0. The molecule has 14 heavy (non-hydrogen) atoms. The summed E-state index contributed by atoms with van der Waals surface area (Å²) in [5.41, 5.74) is 10.9. The lowest BCUT2D eigenvalue weighted by Gasteiger charge is -2.09. The lowest BCUT2D eigenvalue weighted by atomic mass is 10.1. The van der Waals surface area contributed by atoms with Crippen molar-refractivity contribution in [1.29, 1.82) is 0 Å². The summed E-state index contributed by atoms with van der Waals surface area (Å²) in [6, 6.07) is -0.943. The molecule has 82 valence electrons. The SMILES string of the molecule is NN=NCC(N)CCC[C@H](N)C(=O)O. The number of carbonyl (C=O) groups is 1. The fraction of sp³-hybridized carbons (Fsp3) is 0.857. The lowest BCUT2D eigenvalue weighted by molar-refractivity contribution is -0.138. The Morgan fingerprint density at radius 2 is 2.00 bits per heavy atom. The van der Waals surface area contributed by atoms with Gasteiger partial charge in [0.1, 0.15) is 6.04 Å². The van der Waals surface area contributed by atoms with E-state index in [1.807, 2.05) is 0 Å². The monoisotopic (exact) mass is 203 g/mol. The van der Waals surface area contributed by atoms with E-state index in [4.69, 9.17) is 22.4 Å². The second-order valence-electron chi connectivity index (χ2n) is 3.08. The van der Waals surface area contributed by atoms with Crippen molar-refractivity contribution in [1.82, 2.24) is 0 Å². The highest BCUT2D eigenvalue weighted by Crippen LogP contribution is 2.02. The van der Waals surface area contributed by atoms with E-state index in [2.05, 4.69) is 10.3 Å². The van der Waals surface area contributed by atoms with Crippen LogP contribution in [0.2, 0.25) is 0 Å². The third-order valence-corrected chi connectivity index (χ3v) is 1.81. The van der Waals surface area contributed by atoms with E-state index in [1.165, 1.54) is 0 Å². The van der Waals surface area contributed by atoms with Crippen molar-refractivity contribution in [3.8, 4) is 0 Å². The van der Waals surface area contributed by atoms with Crippen LogP contribution in [0.5, 0.6) is 0 Å². The van der Waals surface area contributed by atoms with Crippen LogP contribution in [-0.4, -0.2) is 29.7 Å². The van der Waals surface area contributed by atoms with Gasteiger partial charge in [0.05, 0.1) is 6.54 Å². The molecule has 0 aliphatic heterocycles. The average Bonchev–Trinajstić information content (AvgIpc) is 2.14. The molecule has 7 heteroatoms. The second-order valence-corrected chi connectivity index (χ2v) is 3.08. The minimum absolute atomic E-state index is 0.136. The minimum atomic E-state index is -0.986. The number of nitrogens with two attached hydrogens (primary N) is 3. The number of aliphatic carboxylic acids is 1. The first-order chi connectivity index (χ1) is 6.57. The number of carboxylic acids is 1. The highest BCUT2D eigenvalue weighted by Gasteiger charge is 2.11. The summed E-state index contributed by atoms with van der Waals surface area (Å²) in [5.74, 6) is 3.81. The molecule has 0 aromatic rings. The Labute approximate surface area is 82.3 Å². The third-order valence-electron chi connectivity index (χ3n) is 1.81. The smallest absolute Gasteiger partial charge is 0.320 e. The van der Waals surface area contributed by atoms with Crippen LogP contribution in [0.1, 0.15) is 19.3 Å². The minimum Gasteiger partial charge on any atom is -0.480 e. The molecule has 0 saturated heterocycles. The Bertz CT molecular complexity index is 197. The summed E-state index contributed by atoms with van der Waals surface area (Å²) >= 11 is 0. The van der Waals surface area contributed by atoms with E-state index < -0.39 is 12.0 Å². The van der Waals surface area contributed by atoms with Gasteiger partial charge in [-0.25, -0.2) is 0 Å². The van der Waals surface area contributed by atoms with E-state index in [-0.39, 0.29) is 6.04 Å². The average molecular weight is 203 g/mol. The fourth-order valence-corrected chi connectivity index (χ4v) is 0.967. The molecule has 0 radical (unpaired) electrons. The molecule has 0 spiro atoms. The van der Waals surface area contributed by atoms with Gasteiger partial charge < -0.3 is 22.4 Å². The molecule has 0 amide bonds. The number of nitrogens with zero attached hydrogens (tertiary/aromatic N) is 2. The van der Waals surface area contributed by atoms with Crippen LogP contribution >= 0.6 is 0 Å². The highest BCUT2D eigenvalue weighted by molar-refractivity contribution is 5.72. The van der Waals surface area contributed by atoms with Crippen LogP contribution in [0.3, 0.4) is 0 Å². The van der Waals surface area contributed by atoms with Gasteiger partial charge in [0.2, 0.25) is 0 Å². The van der Waals surface area contributed by atoms with E-state index in [0.717, 1.165) is 0 Å². The summed E-state index contributed by atoms with van der Waals surface area (Å²) in [7, 11) is 0. The van der Waals surface area contributed by atoms with Crippen molar-refractivity contribution in [3.05, 3.63) is 0 Å². The highest BCUT2D eigenvalue weighted by atomic mass is 16.4. The number of hydrogen-bond donors (Lipinski definition) is 4. The topological polar surface area (TPSA) is 140 Å². The first-order valence-corrected chi connectivity index (χ1v) is 4.38. The maximum Gasteiger partial charge on any atom is 0.320 e. The molecule has 0 fully saturated rings. The van der Waals surface area contributed by atoms with Crippen molar-refractivity contribution in [2.24, 2.45) is 27.6 Å². The summed E-state index contributed by atoms with van der Waals surface area (Å²) in [4.78, 5) is 10.3. The molecular formula is C7H17N5O2. The van der Waals surface area contributed by atoms with Crippen molar-refractivity contribution in [3.63, 3.8) is 0 Å². The molecule has 0 aliphatic carbocycles. The summed E-state index contributed by atoms with van der Waals surface area (Å²) in [6.07, 6.45) is 1.75. The van der Waals surface area contributed by atoms with E-state index in [9.17, 15) is 4.79 Å². The van der Waals surface area contributed by atoms with Crippen LogP contribution in [0.4, 0.5) is 0 Å². The molecule has 0 aromatic carbocycles. The van der Waals surface area contributed by atoms with Crippen molar-refractivity contribution in [2.75, 3.05) is 6.54 Å². The first-order valence-electron chi connectivity index (χ1n) is 4.38. The van der Waals surface area contributed by atoms with Crippen molar-refractivity contribution in [2.45, 2.75) is 31.3 Å². The van der Waals surface area contributed by atoms with Crippen LogP contribution in [-0.2, 0) is 4.79 Å². The molecule has 7 nitrogen and oxygen atoms in total. The Kier molecular flexibility index (Phi) is 6.59. The largest absolute Gasteiger partial charge is 0.480 e.